The standard InChI is InChI=1S/C12H20N6/c1-12(2,3)18-8-10(7-16-18)6-13-5-4-11-14-9-15-17-11/h7-9,13H,4-6H2,1-3H3,(H,14,15,17). The molecule has 0 unspecified atom stereocenters. The van der Waals surface area contributed by atoms with E-state index in [1.54, 1.807) is 0 Å². The molecule has 0 saturated carbocycles. The number of H-pyrrole nitrogens is 1. The molecule has 0 fully saturated rings. The van der Waals surface area contributed by atoms with Crippen molar-refractivity contribution in [2.45, 2.75) is 39.3 Å². The summed E-state index contributed by atoms with van der Waals surface area (Å²) in [4.78, 5) is 4.07. The van der Waals surface area contributed by atoms with Crippen LogP contribution in [-0.4, -0.2) is 31.5 Å². The zero-order valence-corrected chi connectivity index (χ0v) is 11.1. The molecule has 0 aliphatic heterocycles. The average Bonchev–Trinajstić information content (AvgIpc) is 2.95. The maximum absolute atomic E-state index is 4.36. The molecule has 2 N–H and O–H groups in total. The zero-order chi connectivity index (χ0) is 13.0. The molecule has 2 aromatic heterocycles. The molecule has 6 nitrogen and oxygen atoms in total. The van der Waals surface area contributed by atoms with Crippen LogP contribution >= 0.6 is 0 Å². The Balaban J connectivity index is 1.75. The van der Waals surface area contributed by atoms with Gasteiger partial charge in [0.15, 0.2) is 0 Å². The second-order valence-electron chi connectivity index (χ2n) is 5.32. The molecular weight excluding hydrogens is 228 g/mol. The highest BCUT2D eigenvalue weighted by Crippen LogP contribution is 2.12. The maximum atomic E-state index is 4.36. The van der Waals surface area contributed by atoms with E-state index in [4.69, 9.17) is 0 Å². The van der Waals surface area contributed by atoms with Gasteiger partial charge in [0.2, 0.25) is 0 Å². The van der Waals surface area contributed by atoms with Crippen LogP contribution in [0.2, 0.25) is 0 Å². The van der Waals surface area contributed by atoms with E-state index in [-0.39, 0.29) is 5.54 Å². The van der Waals surface area contributed by atoms with Crippen molar-refractivity contribution >= 4 is 0 Å². The minimum absolute atomic E-state index is 0.0398. The second kappa shape index (κ2) is 5.30. The lowest BCUT2D eigenvalue weighted by molar-refractivity contribution is 0.355. The van der Waals surface area contributed by atoms with Crippen LogP contribution in [-0.2, 0) is 18.5 Å². The number of hydrogen-bond acceptors (Lipinski definition) is 4. The minimum Gasteiger partial charge on any atom is -0.312 e. The van der Waals surface area contributed by atoms with Gasteiger partial charge in [-0.25, -0.2) is 4.98 Å². The Morgan fingerprint density at radius 2 is 2.22 bits per heavy atom. The van der Waals surface area contributed by atoms with Crippen LogP contribution < -0.4 is 5.32 Å². The van der Waals surface area contributed by atoms with Crippen LogP contribution in [0, 0.1) is 0 Å². The molecule has 0 amide bonds. The summed E-state index contributed by atoms with van der Waals surface area (Å²) in [7, 11) is 0. The fourth-order valence-corrected chi connectivity index (χ4v) is 1.61. The molecule has 0 spiro atoms. The van der Waals surface area contributed by atoms with Crippen molar-refractivity contribution in [2.75, 3.05) is 6.54 Å². The first-order valence-electron chi connectivity index (χ1n) is 6.15. The molecule has 0 saturated heterocycles. The number of aromatic amines is 1. The van der Waals surface area contributed by atoms with Gasteiger partial charge < -0.3 is 5.32 Å². The highest BCUT2D eigenvalue weighted by Gasteiger charge is 2.13. The smallest absolute Gasteiger partial charge is 0.137 e. The van der Waals surface area contributed by atoms with Crippen molar-refractivity contribution in [1.29, 1.82) is 0 Å². The molecule has 6 heteroatoms. The molecule has 0 aliphatic carbocycles. The average molecular weight is 248 g/mol. The van der Waals surface area contributed by atoms with Crippen molar-refractivity contribution in [3.05, 3.63) is 30.1 Å². The first kappa shape index (κ1) is 12.8. The second-order valence-corrected chi connectivity index (χ2v) is 5.32. The summed E-state index contributed by atoms with van der Waals surface area (Å²) in [5.41, 5.74) is 1.24. The Morgan fingerprint density at radius 3 is 2.83 bits per heavy atom. The normalized spacial score (nSPS) is 11.9. The van der Waals surface area contributed by atoms with E-state index in [9.17, 15) is 0 Å². The molecule has 0 aliphatic rings. The van der Waals surface area contributed by atoms with E-state index in [1.807, 2.05) is 10.9 Å². The summed E-state index contributed by atoms with van der Waals surface area (Å²) in [5, 5.41) is 14.4. The van der Waals surface area contributed by atoms with Crippen molar-refractivity contribution in [3.63, 3.8) is 0 Å². The molecule has 0 bridgehead atoms. The highest BCUT2D eigenvalue weighted by atomic mass is 15.3. The fraction of sp³-hybridized carbons (Fsp3) is 0.583. The lowest BCUT2D eigenvalue weighted by Gasteiger charge is -2.18. The lowest BCUT2D eigenvalue weighted by Crippen LogP contribution is -2.22. The number of rotatable bonds is 5. The zero-order valence-electron chi connectivity index (χ0n) is 11.1. The van der Waals surface area contributed by atoms with Crippen LogP contribution in [0.4, 0.5) is 0 Å². The van der Waals surface area contributed by atoms with Crippen LogP contribution in [0.3, 0.4) is 0 Å². The molecule has 2 rings (SSSR count). The van der Waals surface area contributed by atoms with Gasteiger partial charge in [-0.1, -0.05) is 0 Å². The van der Waals surface area contributed by atoms with E-state index < -0.39 is 0 Å². The van der Waals surface area contributed by atoms with Crippen molar-refractivity contribution in [3.8, 4) is 0 Å². The summed E-state index contributed by atoms with van der Waals surface area (Å²) < 4.78 is 1.99. The van der Waals surface area contributed by atoms with Gasteiger partial charge in [-0.05, 0) is 20.8 Å². The van der Waals surface area contributed by atoms with Crippen LogP contribution in [0.1, 0.15) is 32.2 Å². The predicted octanol–water partition coefficient (Wildman–Crippen LogP) is 1.09. The number of hydrogen-bond donors (Lipinski definition) is 2. The largest absolute Gasteiger partial charge is 0.312 e. The third-order valence-corrected chi connectivity index (χ3v) is 2.66. The molecule has 2 aromatic rings. The van der Waals surface area contributed by atoms with Crippen LogP contribution in [0.5, 0.6) is 0 Å². The van der Waals surface area contributed by atoms with Gasteiger partial charge in [-0.3, -0.25) is 9.78 Å². The van der Waals surface area contributed by atoms with Crippen molar-refractivity contribution in [2.24, 2.45) is 0 Å². The predicted molar refractivity (Wildman–Crippen MR) is 69.0 cm³/mol. The molecule has 0 radical (unpaired) electrons. The lowest BCUT2D eigenvalue weighted by atomic mass is 10.1. The summed E-state index contributed by atoms with van der Waals surface area (Å²) in [6, 6.07) is 0. The van der Waals surface area contributed by atoms with E-state index in [0.29, 0.717) is 0 Å². The first-order valence-corrected chi connectivity index (χ1v) is 6.15. The Hall–Kier alpha value is -1.69. The molecule has 0 atom stereocenters. The summed E-state index contributed by atoms with van der Waals surface area (Å²) in [6.45, 7) is 8.11. The summed E-state index contributed by atoms with van der Waals surface area (Å²) in [5.74, 6) is 0.910. The Bertz CT molecular complexity index is 465. The number of aromatic nitrogens is 5. The van der Waals surface area contributed by atoms with Crippen molar-refractivity contribution in [1.82, 2.24) is 30.3 Å². The topological polar surface area (TPSA) is 71.4 Å². The van der Waals surface area contributed by atoms with Gasteiger partial charge in [0.1, 0.15) is 12.2 Å². The van der Waals surface area contributed by atoms with E-state index in [2.05, 4.69) is 52.6 Å². The SMILES string of the molecule is CC(C)(C)n1cc(CNCCc2ncn[nH]2)cn1. The third kappa shape index (κ3) is 3.40. The monoisotopic (exact) mass is 248 g/mol. The fourth-order valence-electron chi connectivity index (χ4n) is 1.61. The van der Waals surface area contributed by atoms with Crippen LogP contribution in [0.25, 0.3) is 0 Å². The highest BCUT2D eigenvalue weighted by molar-refractivity contribution is 5.04. The quantitative estimate of drug-likeness (QED) is 0.777. The Morgan fingerprint density at radius 1 is 1.39 bits per heavy atom. The number of nitrogens with one attached hydrogen (secondary N) is 2. The molecule has 18 heavy (non-hydrogen) atoms. The van der Waals surface area contributed by atoms with Gasteiger partial charge in [-0.2, -0.15) is 10.2 Å². The molecule has 0 aromatic carbocycles. The third-order valence-electron chi connectivity index (χ3n) is 2.66. The molecule has 2 heterocycles. The van der Waals surface area contributed by atoms with Gasteiger partial charge in [-0.15, -0.1) is 0 Å². The van der Waals surface area contributed by atoms with Gasteiger partial charge in [0, 0.05) is 31.3 Å². The molecular formula is C12H20N6. The Labute approximate surface area is 107 Å². The Kier molecular flexibility index (Phi) is 3.76. The van der Waals surface area contributed by atoms with Crippen LogP contribution in [0.15, 0.2) is 18.7 Å². The molecule has 98 valence electrons. The van der Waals surface area contributed by atoms with Crippen molar-refractivity contribution < 1.29 is 0 Å². The minimum atomic E-state index is 0.0398. The van der Waals surface area contributed by atoms with E-state index in [1.165, 1.54) is 11.9 Å². The first-order chi connectivity index (χ1) is 8.55. The maximum Gasteiger partial charge on any atom is 0.137 e. The van der Waals surface area contributed by atoms with Gasteiger partial charge in [0.25, 0.3) is 0 Å². The number of nitrogens with zero attached hydrogens (tertiary/aromatic N) is 4. The van der Waals surface area contributed by atoms with Gasteiger partial charge in [0.05, 0.1) is 11.7 Å². The summed E-state index contributed by atoms with van der Waals surface area (Å²) >= 11 is 0. The van der Waals surface area contributed by atoms with E-state index in [0.717, 1.165) is 25.3 Å². The summed E-state index contributed by atoms with van der Waals surface area (Å²) in [6.07, 6.45) is 6.38. The van der Waals surface area contributed by atoms with Gasteiger partial charge >= 0.3 is 0 Å². The van der Waals surface area contributed by atoms with E-state index >= 15 is 0 Å².